The van der Waals surface area contributed by atoms with E-state index in [-0.39, 0.29) is 11.8 Å². The lowest BCUT2D eigenvalue weighted by molar-refractivity contribution is -0.134. The van der Waals surface area contributed by atoms with E-state index in [1.54, 1.807) is 16.9 Å². The van der Waals surface area contributed by atoms with Crippen LogP contribution in [0.3, 0.4) is 0 Å². The van der Waals surface area contributed by atoms with E-state index in [1.807, 2.05) is 22.1 Å². The second-order valence-corrected chi connectivity index (χ2v) is 8.57. The van der Waals surface area contributed by atoms with Crippen LogP contribution in [0.1, 0.15) is 48.4 Å². The van der Waals surface area contributed by atoms with E-state index in [1.165, 1.54) is 0 Å². The molecule has 0 radical (unpaired) electrons. The summed E-state index contributed by atoms with van der Waals surface area (Å²) in [7, 11) is 0. The lowest BCUT2D eigenvalue weighted by atomic mass is 9.95. The second-order valence-electron chi connectivity index (χ2n) is 7.65. The quantitative estimate of drug-likeness (QED) is 0.703. The average molecular weight is 449 g/mol. The first kappa shape index (κ1) is 19.2. The van der Waals surface area contributed by atoms with Crippen LogP contribution in [0.2, 0.25) is 0 Å². The highest BCUT2D eigenvalue weighted by Gasteiger charge is 2.28. The van der Waals surface area contributed by atoms with Gasteiger partial charge in [0.25, 0.3) is 5.91 Å². The minimum absolute atomic E-state index is 0.0552. The standard InChI is InChI=1S/C20H25BrN4O3/c21-16-11-22-25(13-16)14-17-4-5-18(28-17)20(27)23-9-6-15(7-10-23)12-24-8-2-1-3-19(24)26/h4-5,11,13,15H,1-3,6-10,12,14H2. The second kappa shape index (κ2) is 8.51. The maximum absolute atomic E-state index is 12.8. The Morgan fingerprint density at radius 1 is 1.21 bits per heavy atom. The molecule has 2 amide bonds. The number of carbonyl (C=O) groups is 2. The maximum atomic E-state index is 12.8. The van der Waals surface area contributed by atoms with Crippen molar-refractivity contribution in [3.8, 4) is 0 Å². The van der Waals surface area contributed by atoms with Crippen LogP contribution in [0.15, 0.2) is 33.4 Å². The number of hydrogen-bond acceptors (Lipinski definition) is 4. The van der Waals surface area contributed by atoms with E-state index >= 15 is 0 Å². The van der Waals surface area contributed by atoms with Crippen molar-refractivity contribution >= 4 is 27.7 Å². The van der Waals surface area contributed by atoms with Gasteiger partial charge in [-0.25, -0.2) is 0 Å². The number of halogens is 1. The van der Waals surface area contributed by atoms with E-state index < -0.39 is 0 Å². The van der Waals surface area contributed by atoms with Gasteiger partial charge < -0.3 is 14.2 Å². The molecule has 0 unspecified atom stereocenters. The molecule has 150 valence electrons. The third-order valence-corrected chi connectivity index (χ3v) is 6.00. The molecule has 0 saturated carbocycles. The molecular weight excluding hydrogens is 424 g/mol. The highest BCUT2D eigenvalue weighted by molar-refractivity contribution is 9.10. The largest absolute Gasteiger partial charge is 0.454 e. The smallest absolute Gasteiger partial charge is 0.289 e. The van der Waals surface area contributed by atoms with Gasteiger partial charge in [-0.15, -0.1) is 0 Å². The molecule has 0 aromatic carbocycles. The van der Waals surface area contributed by atoms with Crippen LogP contribution in [-0.2, 0) is 11.3 Å². The SMILES string of the molecule is O=C1CCCCN1CC1CCN(C(=O)c2ccc(Cn3cc(Br)cn3)o2)CC1. The fraction of sp³-hybridized carbons (Fsp3) is 0.550. The highest BCUT2D eigenvalue weighted by Crippen LogP contribution is 2.23. The summed E-state index contributed by atoms with van der Waals surface area (Å²) in [5.74, 6) is 1.80. The number of piperidine rings is 2. The summed E-state index contributed by atoms with van der Waals surface area (Å²) in [5, 5.41) is 4.20. The van der Waals surface area contributed by atoms with Crippen LogP contribution < -0.4 is 0 Å². The number of carbonyl (C=O) groups excluding carboxylic acids is 2. The van der Waals surface area contributed by atoms with Gasteiger partial charge in [-0.3, -0.25) is 14.3 Å². The average Bonchev–Trinajstić information content (AvgIpc) is 3.33. The van der Waals surface area contributed by atoms with Crippen molar-refractivity contribution in [1.29, 1.82) is 0 Å². The van der Waals surface area contributed by atoms with Crippen LogP contribution >= 0.6 is 15.9 Å². The number of likely N-dealkylation sites (tertiary alicyclic amines) is 2. The Balaban J connectivity index is 1.28. The molecule has 2 saturated heterocycles. The topological polar surface area (TPSA) is 71.6 Å². The maximum Gasteiger partial charge on any atom is 0.289 e. The van der Waals surface area contributed by atoms with E-state index in [4.69, 9.17) is 4.42 Å². The zero-order valence-electron chi connectivity index (χ0n) is 15.8. The molecule has 2 aliphatic rings. The van der Waals surface area contributed by atoms with Gasteiger partial charge in [0.15, 0.2) is 5.76 Å². The van der Waals surface area contributed by atoms with E-state index in [9.17, 15) is 9.59 Å². The van der Waals surface area contributed by atoms with Gasteiger partial charge in [-0.2, -0.15) is 5.10 Å². The lowest BCUT2D eigenvalue weighted by Crippen LogP contribution is -2.44. The number of aromatic nitrogens is 2. The monoisotopic (exact) mass is 448 g/mol. The van der Waals surface area contributed by atoms with Gasteiger partial charge >= 0.3 is 0 Å². The fourth-order valence-corrected chi connectivity index (χ4v) is 4.33. The molecule has 2 fully saturated rings. The Bertz CT molecular complexity index is 838. The van der Waals surface area contributed by atoms with E-state index in [0.717, 1.165) is 43.2 Å². The first-order valence-corrected chi connectivity index (χ1v) is 10.7. The summed E-state index contributed by atoms with van der Waals surface area (Å²) in [6, 6.07) is 3.58. The molecule has 4 heterocycles. The Kier molecular flexibility index (Phi) is 5.85. The third-order valence-electron chi connectivity index (χ3n) is 5.59. The van der Waals surface area contributed by atoms with Crippen molar-refractivity contribution in [2.75, 3.05) is 26.2 Å². The molecule has 0 N–H and O–H groups in total. The van der Waals surface area contributed by atoms with Gasteiger partial charge in [0, 0.05) is 38.8 Å². The van der Waals surface area contributed by atoms with Gasteiger partial charge in [-0.05, 0) is 59.7 Å². The molecular formula is C20H25BrN4O3. The van der Waals surface area contributed by atoms with Crippen molar-refractivity contribution in [2.45, 2.75) is 38.6 Å². The van der Waals surface area contributed by atoms with Crippen molar-refractivity contribution in [2.24, 2.45) is 5.92 Å². The molecule has 0 bridgehead atoms. The number of nitrogens with zero attached hydrogens (tertiary/aromatic N) is 4. The Morgan fingerprint density at radius 2 is 2.04 bits per heavy atom. The predicted molar refractivity (Wildman–Crippen MR) is 107 cm³/mol. The van der Waals surface area contributed by atoms with Crippen LogP contribution in [0, 0.1) is 5.92 Å². The zero-order valence-corrected chi connectivity index (χ0v) is 17.4. The van der Waals surface area contributed by atoms with Crippen LogP contribution in [0.4, 0.5) is 0 Å². The number of hydrogen-bond donors (Lipinski definition) is 0. The van der Waals surface area contributed by atoms with Crippen molar-refractivity contribution in [3.05, 3.63) is 40.5 Å². The van der Waals surface area contributed by atoms with Crippen LogP contribution in [-0.4, -0.2) is 57.6 Å². The summed E-state index contributed by atoms with van der Waals surface area (Å²) in [4.78, 5) is 28.6. The lowest BCUT2D eigenvalue weighted by Gasteiger charge is -2.35. The summed E-state index contributed by atoms with van der Waals surface area (Å²) in [6.45, 7) is 3.65. The minimum atomic E-state index is -0.0552. The molecule has 7 nitrogen and oxygen atoms in total. The minimum Gasteiger partial charge on any atom is -0.454 e. The molecule has 0 spiro atoms. The Morgan fingerprint density at radius 3 is 2.75 bits per heavy atom. The van der Waals surface area contributed by atoms with E-state index in [0.29, 0.717) is 43.5 Å². The summed E-state index contributed by atoms with van der Waals surface area (Å²) in [6.07, 6.45) is 8.27. The number of furan rings is 1. The van der Waals surface area contributed by atoms with Gasteiger partial charge in [0.05, 0.1) is 17.2 Å². The first-order chi connectivity index (χ1) is 13.6. The molecule has 2 aliphatic heterocycles. The number of rotatable bonds is 5. The van der Waals surface area contributed by atoms with Crippen molar-refractivity contribution in [3.63, 3.8) is 0 Å². The summed E-state index contributed by atoms with van der Waals surface area (Å²) < 4.78 is 8.42. The van der Waals surface area contributed by atoms with Gasteiger partial charge in [-0.1, -0.05) is 0 Å². The predicted octanol–water partition coefficient (Wildman–Crippen LogP) is 3.15. The zero-order chi connectivity index (χ0) is 19.5. The molecule has 8 heteroatoms. The first-order valence-electron chi connectivity index (χ1n) is 9.92. The fourth-order valence-electron chi connectivity index (χ4n) is 4.00. The normalized spacial score (nSPS) is 18.7. The molecule has 0 aliphatic carbocycles. The molecule has 2 aromatic rings. The Labute approximate surface area is 172 Å². The van der Waals surface area contributed by atoms with Crippen LogP contribution in [0.25, 0.3) is 0 Å². The molecule has 0 atom stereocenters. The third kappa shape index (κ3) is 4.48. The van der Waals surface area contributed by atoms with Gasteiger partial charge in [0.1, 0.15) is 5.76 Å². The number of amides is 2. The summed E-state index contributed by atoms with van der Waals surface area (Å²) >= 11 is 3.37. The van der Waals surface area contributed by atoms with Gasteiger partial charge in [0.2, 0.25) is 5.91 Å². The highest BCUT2D eigenvalue weighted by atomic mass is 79.9. The van der Waals surface area contributed by atoms with Crippen LogP contribution in [0.5, 0.6) is 0 Å². The molecule has 2 aromatic heterocycles. The summed E-state index contributed by atoms with van der Waals surface area (Å²) in [5.41, 5.74) is 0. The van der Waals surface area contributed by atoms with Crippen molar-refractivity contribution < 1.29 is 14.0 Å². The Hall–Kier alpha value is -2.09. The molecule has 28 heavy (non-hydrogen) atoms. The molecule has 4 rings (SSSR count). The van der Waals surface area contributed by atoms with E-state index in [2.05, 4.69) is 21.0 Å². The van der Waals surface area contributed by atoms with Crippen molar-refractivity contribution in [1.82, 2.24) is 19.6 Å².